The molecule has 2 heterocycles. The molecule has 6 nitrogen and oxygen atoms in total. The summed E-state index contributed by atoms with van der Waals surface area (Å²) in [5.41, 5.74) is 0. The summed E-state index contributed by atoms with van der Waals surface area (Å²) >= 11 is 0. The summed E-state index contributed by atoms with van der Waals surface area (Å²) in [5.74, 6) is 1.52. The summed E-state index contributed by atoms with van der Waals surface area (Å²) in [6, 6.07) is 0.383. The Morgan fingerprint density at radius 3 is 2.94 bits per heavy atom. The van der Waals surface area contributed by atoms with Crippen molar-refractivity contribution >= 4 is 5.91 Å². The number of amides is 1. The van der Waals surface area contributed by atoms with E-state index in [9.17, 15) is 4.79 Å². The molecule has 1 saturated carbocycles. The highest BCUT2D eigenvalue weighted by atomic mass is 16.2. The van der Waals surface area contributed by atoms with E-state index in [1.165, 1.54) is 19.3 Å². The number of piperidine rings is 1. The molecule has 1 N–H and O–H groups in total. The van der Waals surface area contributed by atoms with Gasteiger partial charge in [0.15, 0.2) is 0 Å². The van der Waals surface area contributed by atoms with Crippen molar-refractivity contribution in [2.75, 3.05) is 6.54 Å². The van der Waals surface area contributed by atoms with E-state index < -0.39 is 0 Å². The Morgan fingerprint density at radius 2 is 2.17 bits per heavy atom. The van der Waals surface area contributed by atoms with Gasteiger partial charge in [0.1, 0.15) is 0 Å². The highest BCUT2D eigenvalue weighted by molar-refractivity contribution is 5.90. The van der Waals surface area contributed by atoms with Crippen LogP contribution >= 0.6 is 0 Å². The van der Waals surface area contributed by atoms with E-state index in [1.54, 1.807) is 0 Å². The van der Waals surface area contributed by atoms with Crippen LogP contribution in [0.15, 0.2) is 0 Å². The van der Waals surface area contributed by atoms with Crippen LogP contribution in [0.5, 0.6) is 0 Å². The number of carbonyl (C=O) groups excluding carboxylic acids is 1. The zero-order valence-corrected chi connectivity index (χ0v) is 10.7. The van der Waals surface area contributed by atoms with Gasteiger partial charge in [-0.1, -0.05) is 19.8 Å². The fourth-order valence-electron chi connectivity index (χ4n) is 3.55. The summed E-state index contributed by atoms with van der Waals surface area (Å²) in [5, 5.41) is 13.4. The van der Waals surface area contributed by atoms with Gasteiger partial charge in [0.05, 0.1) is 0 Å². The number of fused-ring (bicyclic) bond motifs is 1. The molecule has 0 radical (unpaired) electrons. The van der Waals surface area contributed by atoms with Crippen molar-refractivity contribution in [3.8, 4) is 0 Å². The molecule has 1 aliphatic carbocycles. The van der Waals surface area contributed by atoms with Crippen molar-refractivity contribution < 1.29 is 4.79 Å². The molecule has 18 heavy (non-hydrogen) atoms. The maximum atomic E-state index is 12.4. The molecule has 0 spiro atoms. The van der Waals surface area contributed by atoms with Crippen LogP contribution in [-0.2, 0) is 0 Å². The summed E-state index contributed by atoms with van der Waals surface area (Å²) in [4.78, 5) is 14.3. The first-order chi connectivity index (χ1) is 8.77. The molecular formula is C12H19N5O. The van der Waals surface area contributed by atoms with Gasteiger partial charge in [-0.3, -0.25) is 4.79 Å². The van der Waals surface area contributed by atoms with Crippen molar-refractivity contribution in [3.05, 3.63) is 5.82 Å². The number of rotatable bonds is 1. The lowest BCUT2D eigenvalue weighted by Crippen LogP contribution is -2.52. The van der Waals surface area contributed by atoms with Crippen molar-refractivity contribution in [2.45, 2.75) is 45.1 Å². The van der Waals surface area contributed by atoms with Crippen LogP contribution < -0.4 is 0 Å². The number of aromatic amines is 1. The summed E-state index contributed by atoms with van der Waals surface area (Å²) in [6.45, 7) is 3.15. The van der Waals surface area contributed by atoms with Crippen LogP contribution in [0.2, 0.25) is 0 Å². The number of tetrazole rings is 1. The van der Waals surface area contributed by atoms with Gasteiger partial charge in [-0.15, -0.1) is 10.2 Å². The molecule has 1 saturated heterocycles. The van der Waals surface area contributed by atoms with Crippen molar-refractivity contribution in [2.24, 2.45) is 11.8 Å². The van der Waals surface area contributed by atoms with Gasteiger partial charge < -0.3 is 4.90 Å². The average molecular weight is 249 g/mol. The summed E-state index contributed by atoms with van der Waals surface area (Å²) in [6.07, 6.45) is 5.99. The zero-order chi connectivity index (χ0) is 12.5. The fraction of sp³-hybridized carbons (Fsp3) is 0.833. The third-order valence-electron chi connectivity index (χ3n) is 4.54. The Kier molecular flexibility index (Phi) is 3.01. The van der Waals surface area contributed by atoms with E-state index in [2.05, 4.69) is 27.5 Å². The van der Waals surface area contributed by atoms with Crippen LogP contribution in [0.3, 0.4) is 0 Å². The zero-order valence-electron chi connectivity index (χ0n) is 10.7. The van der Waals surface area contributed by atoms with Crippen LogP contribution in [0.1, 0.15) is 49.6 Å². The number of carbonyl (C=O) groups is 1. The minimum absolute atomic E-state index is 0.0625. The quantitative estimate of drug-likeness (QED) is 0.812. The average Bonchev–Trinajstić information content (AvgIpc) is 2.93. The van der Waals surface area contributed by atoms with Gasteiger partial charge in [-0.05, 0) is 36.3 Å². The predicted molar refractivity (Wildman–Crippen MR) is 64.7 cm³/mol. The standard InChI is InChI=1S/C12H19N5O/c1-8-6-7-17(10-5-3-2-4-9(8)10)12(18)11-13-15-16-14-11/h8-10H,2-7H2,1H3,(H,13,14,15,16). The monoisotopic (exact) mass is 249 g/mol. The van der Waals surface area contributed by atoms with Crippen LogP contribution in [0.25, 0.3) is 0 Å². The molecule has 2 aliphatic rings. The van der Waals surface area contributed by atoms with E-state index in [-0.39, 0.29) is 11.7 Å². The number of aromatic nitrogens is 4. The molecule has 3 rings (SSSR count). The Balaban J connectivity index is 1.81. The number of likely N-dealkylation sites (tertiary alicyclic amines) is 1. The molecule has 0 bridgehead atoms. The van der Waals surface area contributed by atoms with Gasteiger partial charge in [-0.2, -0.15) is 5.21 Å². The SMILES string of the molecule is CC1CCN(C(=O)c2nn[nH]n2)C2CCCCC12. The Bertz CT molecular complexity index is 418. The second-order valence-electron chi connectivity index (χ2n) is 5.52. The van der Waals surface area contributed by atoms with E-state index in [0.29, 0.717) is 12.0 Å². The highest BCUT2D eigenvalue weighted by Gasteiger charge is 2.40. The largest absolute Gasteiger partial charge is 0.333 e. The molecule has 98 valence electrons. The lowest BCUT2D eigenvalue weighted by molar-refractivity contribution is 0.0208. The first-order valence-electron chi connectivity index (χ1n) is 6.82. The van der Waals surface area contributed by atoms with E-state index in [0.717, 1.165) is 25.3 Å². The van der Waals surface area contributed by atoms with Gasteiger partial charge >= 0.3 is 0 Å². The van der Waals surface area contributed by atoms with Gasteiger partial charge in [0.2, 0.25) is 0 Å². The molecule has 0 aromatic carbocycles. The third kappa shape index (κ3) is 1.89. The minimum atomic E-state index is -0.0625. The van der Waals surface area contributed by atoms with E-state index >= 15 is 0 Å². The maximum absolute atomic E-state index is 12.4. The van der Waals surface area contributed by atoms with Crippen LogP contribution in [0, 0.1) is 11.8 Å². The molecule has 1 aromatic heterocycles. The molecule has 2 fully saturated rings. The van der Waals surface area contributed by atoms with Crippen molar-refractivity contribution in [3.63, 3.8) is 0 Å². The Hall–Kier alpha value is -1.46. The third-order valence-corrected chi connectivity index (χ3v) is 4.54. The van der Waals surface area contributed by atoms with Crippen molar-refractivity contribution in [1.29, 1.82) is 0 Å². The second-order valence-corrected chi connectivity index (χ2v) is 5.52. The number of hydrogen-bond acceptors (Lipinski definition) is 4. The number of H-pyrrole nitrogens is 1. The first kappa shape index (κ1) is 11.6. The molecule has 1 aliphatic heterocycles. The lowest BCUT2D eigenvalue weighted by Gasteiger charge is -2.46. The molecule has 3 unspecified atom stereocenters. The minimum Gasteiger partial charge on any atom is -0.333 e. The maximum Gasteiger partial charge on any atom is 0.295 e. The lowest BCUT2D eigenvalue weighted by atomic mass is 9.72. The number of nitrogens with zero attached hydrogens (tertiary/aromatic N) is 4. The van der Waals surface area contributed by atoms with Gasteiger partial charge in [0, 0.05) is 12.6 Å². The normalized spacial score (nSPS) is 32.1. The van der Waals surface area contributed by atoms with Gasteiger partial charge in [0.25, 0.3) is 11.7 Å². The van der Waals surface area contributed by atoms with Crippen LogP contribution in [-0.4, -0.2) is 44.0 Å². The number of nitrogens with one attached hydrogen (secondary N) is 1. The first-order valence-corrected chi connectivity index (χ1v) is 6.82. The molecular weight excluding hydrogens is 230 g/mol. The fourth-order valence-corrected chi connectivity index (χ4v) is 3.55. The van der Waals surface area contributed by atoms with E-state index in [1.807, 2.05) is 4.90 Å². The predicted octanol–water partition coefficient (Wildman–Crippen LogP) is 1.24. The summed E-state index contributed by atoms with van der Waals surface area (Å²) in [7, 11) is 0. The topological polar surface area (TPSA) is 74.8 Å². The molecule has 6 heteroatoms. The molecule has 1 amide bonds. The molecule has 1 aromatic rings. The van der Waals surface area contributed by atoms with Gasteiger partial charge in [-0.25, -0.2) is 0 Å². The Morgan fingerprint density at radius 1 is 1.33 bits per heavy atom. The van der Waals surface area contributed by atoms with E-state index in [4.69, 9.17) is 0 Å². The smallest absolute Gasteiger partial charge is 0.295 e. The Labute approximate surface area is 106 Å². The molecule has 3 atom stereocenters. The second kappa shape index (κ2) is 4.66. The summed E-state index contributed by atoms with van der Waals surface area (Å²) < 4.78 is 0. The van der Waals surface area contributed by atoms with Crippen molar-refractivity contribution in [1.82, 2.24) is 25.5 Å². The number of hydrogen-bond donors (Lipinski definition) is 1. The van der Waals surface area contributed by atoms with Crippen LogP contribution in [0.4, 0.5) is 0 Å². The highest BCUT2D eigenvalue weighted by Crippen LogP contribution is 2.39.